The summed E-state index contributed by atoms with van der Waals surface area (Å²) in [7, 11) is 0. The quantitative estimate of drug-likeness (QED) is 0.309. The van der Waals surface area contributed by atoms with Crippen molar-refractivity contribution in [1.82, 2.24) is 0 Å². The van der Waals surface area contributed by atoms with Gasteiger partial charge in [-0.3, -0.25) is 0 Å². The SMILES string of the molecule is CC1CCC2C3CCCC4CC5CCC6C7CCCCC7C7C8CC(C(C)(C)C)CCC8C(C12)(C43)C5C67. The molecule has 0 aromatic heterocycles. The molecule has 0 amide bonds. The van der Waals surface area contributed by atoms with Crippen molar-refractivity contribution in [2.45, 2.75) is 124 Å². The zero-order valence-electron chi connectivity index (χ0n) is 24.8. The summed E-state index contributed by atoms with van der Waals surface area (Å²) in [6, 6.07) is 0. The van der Waals surface area contributed by atoms with Crippen LogP contribution in [0.1, 0.15) is 124 Å². The third-order valence-electron chi connectivity index (χ3n) is 16.9. The fourth-order valence-corrected chi connectivity index (χ4v) is 16.7. The van der Waals surface area contributed by atoms with Gasteiger partial charge in [-0.15, -0.1) is 0 Å². The lowest BCUT2D eigenvalue weighted by atomic mass is 9.33. The van der Waals surface area contributed by atoms with Gasteiger partial charge in [0.2, 0.25) is 0 Å². The highest BCUT2D eigenvalue weighted by molar-refractivity contribution is 5.26. The van der Waals surface area contributed by atoms with Gasteiger partial charge in [0.05, 0.1) is 0 Å². The molecule has 1 spiro atoms. The summed E-state index contributed by atoms with van der Waals surface area (Å²) in [5.74, 6) is 18.1. The van der Waals surface area contributed by atoms with Gasteiger partial charge in [0, 0.05) is 0 Å². The molecule has 9 rings (SSSR count). The molecular weight excluding hydrogens is 444 g/mol. The molecule has 0 aliphatic heterocycles. The second-order valence-corrected chi connectivity index (χ2v) is 18.3. The average molecular weight is 503 g/mol. The van der Waals surface area contributed by atoms with Crippen LogP contribution in [0.25, 0.3) is 0 Å². The van der Waals surface area contributed by atoms with E-state index in [4.69, 9.17) is 0 Å². The highest BCUT2D eigenvalue weighted by atomic mass is 14.8. The van der Waals surface area contributed by atoms with Gasteiger partial charge in [-0.25, -0.2) is 0 Å². The molecule has 0 radical (unpaired) electrons. The first-order valence-electron chi connectivity index (χ1n) is 17.9. The fourth-order valence-electron chi connectivity index (χ4n) is 16.7. The Morgan fingerprint density at radius 2 is 1.22 bits per heavy atom. The van der Waals surface area contributed by atoms with Crippen LogP contribution in [0.4, 0.5) is 0 Å². The Labute approximate surface area is 229 Å². The number of rotatable bonds is 0. The van der Waals surface area contributed by atoms with Crippen LogP contribution in [-0.2, 0) is 0 Å². The molecule has 206 valence electrons. The first-order valence-corrected chi connectivity index (χ1v) is 17.9. The predicted molar refractivity (Wildman–Crippen MR) is 153 cm³/mol. The van der Waals surface area contributed by atoms with E-state index in [-0.39, 0.29) is 0 Å². The Bertz CT molecular complexity index is 925. The Morgan fingerprint density at radius 3 is 2.05 bits per heavy atom. The minimum absolute atomic E-state index is 0.514. The predicted octanol–water partition coefficient (Wildman–Crippen LogP) is 9.87. The Kier molecular flexibility index (Phi) is 5.02. The van der Waals surface area contributed by atoms with Crippen molar-refractivity contribution in [2.24, 2.45) is 106 Å². The van der Waals surface area contributed by atoms with Crippen LogP contribution in [0, 0.1) is 106 Å². The molecule has 9 fully saturated rings. The first kappa shape index (κ1) is 23.7. The molecule has 9 saturated carbocycles. The van der Waals surface area contributed by atoms with Crippen LogP contribution in [0.3, 0.4) is 0 Å². The van der Waals surface area contributed by atoms with Crippen molar-refractivity contribution in [2.75, 3.05) is 0 Å². The van der Waals surface area contributed by atoms with Gasteiger partial charge in [-0.2, -0.15) is 0 Å². The van der Waals surface area contributed by atoms with Crippen LogP contribution in [0.5, 0.6) is 0 Å². The van der Waals surface area contributed by atoms with E-state index >= 15 is 0 Å². The largest absolute Gasteiger partial charge is 0.0622 e. The van der Waals surface area contributed by atoms with E-state index in [0.717, 1.165) is 82.3 Å². The van der Waals surface area contributed by atoms with Crippen molar-refractivity contribution in [3.05, 3.63) is 0 Å². The van der Waals surface area contributed by atoms with E-state index in [1.54, 1.807) is 96.3 Å². The van der Waals surface area contributed by atoms with Crippen LogP contribution < -0.4 is 0 Å². The Balaban J connectivity index is 1.26. The van der Waals surface area contributed by atoms with E-state index in [1.807, 2.05) is 0 Å². The minimum Gasteiger partial charge on any atom is -0.0622 e. The van der Waals surface area contributed by atoms with Gasteiger partial charge in [0.15, 0.2) is 0 Å². The van der Waals surface area contributed by atoms with Crippen molar-refractivity contribution < 1.29 is 0 Å². The third-order valence-corrected chi connectivity index (χ3v) is 16.9. The third kappa shape index (κ3) is 2.80. The van der Waals surface area contributed by atoms with E-state index < -0.39 is 0 Å². The second kappa shape index (κ2) is 7.84. The molecular formula is C37H58. The number of hydrogen-bond acceptors (Lipinski definition) is 0. The van der Waals surface area contributed by atoms with Crippen LogP contribution >= 0.6 is 0 Å². The molecule has 0 heteroatoms. The lowest BCUT2D eigenvalue weighted by Gasteiger charge is -2.71. The maximum absolute atomic E-state index is 2.78. The molecule has 0 heterocycles. The molecule has 0 saturated heterocycles. The molecule has 0 aromatic rings. The molecule has 17 unspecified atom stereocenters. The van der Waals surface area contributed by atoms with E-state index in [0.29, 0.717) is 5.41 Å². The lowest BCUT2D eigenvalue weighted by Crippen LogP contribution is -2.67. The smallest absolute Gasteiger partial charge is 0.0165 e. The summed E-state index contributed by atoms with van der Waals surface area (Å²) < 4.78 is 0. The summed E-state index contributed by atoms with van der Waals surface area (Å²) >= 11 is 0. The molecule has 0 aromatic carbocycles. The van der Waals surface area contributed by atoms with Crippen LogP contribution in [-0.4, -0.2) is 0 Å². The molecule has 0 nitrogen and oxygen atoms in total. The maximum Gasteiger partial charge on any atom is -0.0165 e. The van der Waals surface area contributed by atoms with Gasteiger partial charge in [-0.05, 0) is 170 Å². The van der Waals surface area contributed by atoms with Gasteiger partial charge in [0.25, 0.3) is 0 Å². The second-order valence-electron chi connectivity index (χ2n) is 18.3. The summed E-state index contributed by atoms with van der Waals surface area (Å²) in [6.45, 7) is 10.6. The molecule has 0 N–H and O–H groups in total. The molecule has 37 heavy (non-hydrogen) atoms. The molecule has 9 aliphatic rings. The van der Waals surface area contributed by atoms with Gasteiger partial charge in [0.1, 0.15) is 0 Å². The summed E-state index contributed by atoms with van der Waals surface area (Å²) in [5.41, 5.74) is 1.31. The average Bonchev–Trinajstić information content (AvgIpc) is 3.53. The standard InChI is InChI=1S/C37H58/c1-20-12-15-28-27-11-7-8-21-18-22-13-16-26-24-9-5-6-10-25(24)31-29-19-23(36(2,3)4)14-17-30(29)37(33(20)28,34(21)27)35(22)32(26)31/h20-35H,5-19H2,1-4H3. The number of hydrogen-bond donors (Lipinski definition) is 0. The lowest BCUT2D eigenvalue weighted by molar-refractivity contribution is -0.241. The van der Waals surface area contributed by atoms with E-state index in [1.165, 1.54) is 17.8 Å². The van der Waals surface area contributed by atoms with Crippen LogP contribution in [0.15, 0.2) is 0 Å². The van der Waals surface area contributed by atoms with Crippen LogP contribution in [0.2, 0.25) is 0 Å². The summed E-state index contributed by atoms with van der Waals surface area (Å²) in [4.78, 5) is 0. The van der Waals surface area contributed by atoms with Crippen molar-refractivity contribution in [3.8, 4) is 0 Å². The molecule has 9 aliphatic carbocycles. The van der Waals surface area contributed by atoms with E-state index in [2.05, 4.69) is 27.7 Å². The first-order chi connectivity index (χ1) is 17.9. The van der Waals surface area contributed by atoms with Gasteiger partial charge < -0.3 is 0 Å². The Morgan fingerprint density at radius 1 is 0.514 bits per heavy atom. The highest BCUT2D eigenvalue weighted by Crippen LogP contribution is 2.84. The highest BCUT2D eigenvalue weighted by Gasteiger charge is 2.79. The zero-order chi connectivity index (χ0) is 24.8. The summed E-state index contributed by atoms with van der Waals surface area (Å²) in [6.07, 6.45) is 24.4. The maximum atomic E-state index is 2.78. The summed E-state index contributed by atoms with van der Waals surface area (Å²) in [5, 5.41) is 0. The number of fused-ring (bicyclic) bond motifs is 7. The molecule has 17 atom stereocenters. The van der Waals surface area contributed by atoms with Crippen molar-refractivity contribution in [3.63, 3.8) is 0 Å². The minimum atomic E-state index is 0.514. The fraction of sp³-hybridized carbons (Fsp3) is 1.00. The zero-order valence-corrected chi connectivity index (χ0v) is 24.8. The Hall–Kier alpha value is 0. The monoisotopic (exact) mass is 502 g/mol. The van der Waals surface area contributed by atoms with E-state index in [9.17, 15) is 0 Å². The van der Waals surface area contributed by atoms with Crippen molar-refractivity contribution >= 4 is 0 Å². The molecule has 0 bridgehead atoms. The van der Waals surface area contributed by atoms with Gasteiger partial charge >= 0.3 is 0 Å². The topological polar surface area (TPSA) is 0 Å². The van der Waals surface area contributed by atoms with Gasteiger partial charge in [-0.1, -0.05) is 59.8 Å². The normalized spacial score (nSPS) is 63.2. The van der Waals surface area contributed by atoms with Crippen molar-refractivity contribution in [1.29, 1.82) is 0 Å².